The third-order valence-corrected chi connectivity index (χ3v) is 6.12. The van der Waals surface area contributed by atoms with Gasteiger partial charge < -0.3 is 9.42 Å². The second kappa shape index (κ2) is 6.94. The van der Waals surface area contributed by atoms with E-state index in [2.05, 4.69) is 15.0 Å². The molecule has 0 bridgehead atoms. The van der Waals surface area contributed by atoms with Crippen molar-refractivity contribution in [3.8, 4) is 0 Å². The molecule has 24 heavy (non-hydrogen) atoms. The Hall–Kier alpha value is -1.86. The number of hydrogen-bond acceptors (Lipinski definition) is 6. The minimum Gasteiger partial charge on any atom is -0.368 e. The highest BCUT2D eigenvalue weighted by Gasteiger charge is 2.24. The van der Waals surface area contributed by atoms with E-state index >= 15 is 0 Å². The maximum Gasteiger partial charge on any atom is 0.180 e. The van der Waals surface area contributed by atoms with E-state index in [9.17, 15) is 8.42 Å². The average molecular weight is 349 g/mol. The molecular formula is C17H23N3O3S. The summed E-state index contributed by atoms with van der Waals surface area (Å²) in [5, 5.41) is 3.91. The van der Waals surface area contributed by atoms with Crippen molar-refractivity contribution in [2.45, 2.75) is 25.3 Å². The molecule has 0 N–H and O–H groups in total. The molecule has 7 heteroatoms. The molecule has 0 spiro atoms. The number of aromatic nitrogens is 1. The molecule has 1 saturated heterocycles. The first-order chi connectivity index (χ1) is 11.5. The maximum absolute atomic E-state index is 12.3. The van der Waals surface area contributed by atoms with Crippen LogP contribution in [0, 0.1) is 6.92 Å². The number of benzene rings is 1. The summed E-state index contributed by atoms with van der Waals surface area (Å²) in [5.74, 6) is 0.990. The predicted molar refractivity (Wildman–Crippen MR) is 92.9 cm³/mol. The van der Waals surface area contributed by atoms with E-state index in [1.165, 1.54) is 0 Å². The lowest BCUT2D eigenvalue weighted by atomic mass is 10.2. The molecule has 1 fully saturated rings. The number of para-hydroxylation sites is 1. The number of anilines is 1. The summed E-state index contributed by atoms with van der Waals surface area (Å²) >= 11 is 0. The van der Waals surface area contributed by atoms with Crippen LogP contribution in [0.2, 0.25) is 0 Å². The monoisotopic (exact) mass is 349 g/mol. The highest BCUT2D eigenvalue weighted by Crippen LogP contribution is 2.27. The Morgan fingerprint density at radius 1 is 1.17 bits per heavy atom. The number of nitrogens with zero attached hydrogens (tertiary/aromatic N) is 3. The Morgan fingerprint density at radius 2 is 1.88 bits per heavy atom. The lowest BCUT2D eigenvalue weighted by Crippen LogP contribution is -2.46. The number of rotatable bonds is 5. The summed E-state index contributed by atoms with van der Waals surface area (Å²) in [4.78, 5) is 4.89. The zero-order valence-electron chi connectivity index (χ0n) is 14.1. The molecule has 0 unspecified atom stereocenters. The van der Waals surface area contributed by atoms with Crippen LogP contribution in [-0.2, 0) is 16.4 Å². The minimum atomic E-state index is -3.22. The smallest absolute Gasteiger partial charge is 0.180 e. The molecular weight excluding hydrogens is 326 g/mol. The Labute approximate surface area is 143 Å². The number of piperazine rings is 1. The molecule has 6 nitrogen and oxygen atoms in total. The second-order valence-electron chi connectivity index (χ2n) is 6.07. The molecule has 2 heterocycles. The summed E-state index contributed by atoms with van der Waals surface area (Å²) in [6.07, 6.45) is 0. The van der Waals surface area contributed by atoms with Crippen LogP contribution in [0.1, 0.15) is 18.4 Å². The molecule has 130 valence electrons. The molecule has 1 aliphatic rings. The lowest BCUT2D eigenvalue weighted by molar-refractivity contribution is 0.219. The van der Waals surface area contributed by atoms with Crippen molar-refractivity contribution in [3.63, 3.8) is 0 Å². The summed E-state index contributed by atoms with van der Waals surface area (Å²) in [6, 6.07) is 9.24. The molecule has 0 amide bonds. The van der Waals surface area contributed by atoms with E-state index in [1.54, 1.807) is 19.1 Å². The molecule has 0 atom stereocenters. The van der Waals surface area contributed by atoms with Crippen LogP contribution in [0.5, 0.6) is 0 Å². The van der Waals surface area contributed by atoms with Crippen LogP contribution >= 0.6 is 0 Å². The number of hydrogen-bond donors (Lipinski definition) is 0. The summed E-state index contributed by atoms with van der Waals surface area (Å²) < 4.78 is 29.9. The van der Waals surface area contributed by atoms with Gasteiger partial charge in [-0.1, -0.05) is 24.2 Å². The van der Waals surface area contributed by atoms with Gasteiger partial charge in [-0.05, 0) is 19.1 Å². The molecule has 1 aromatic carbocycles. The normalized spacial score (nSPS) is 16.5. The van der Waals surface area contributed by atoms with Crippen molar-refractivity contribution in [3.05, 3.63) is 41.8 Å². The van der Waals surface area contributed by atoms with Crippen LogP contribution in [-0.4, -0.2) is 50.4 Å². The third kappa shape index (κ3) is 3.62. The van der Waals surface area contributed by atoms with Gasteiger partial charge in [-0.25, -0.2) is 8.42 Å². The largest absolute Gasteiger partial charge is 0.368 e. The molecule has 1 aliphatic heterocycles. The van der Waals surface area contributed by atoms with Crippen LogP contribution in [0.15, 0.2) is 39.8 Å². The van der Waals surface area contributed by atoms with Gasteiger partial charge in [0, 0.05) is 32.2 Å². The molecule has 2 aromatic rings. The fourth-order valence-corrected chi connectivity index (χ4v) is 4.11. The van der Waals surface area contributed by atoms with Gasteiger partial charge >= 0.3 is 0 Å². The van der Waals surface area contributed by atoms with Crippen molar-refractivity contribution >= 4 is 15.5 Å². The van der Waals surface area contributed by atoms with E-state index in [4.69, 9.17) is 4.52 Å². The molecule has 1 aromatic heterocycles. The van der Waals surface area contributed by atoms with Crippen molar-refractivity contribution in [2.24, 2.45) is 0 Å². The Balaban J connectivity index is 1.69. The second-order valence-corrected chi connectivity index (χ2v) is 8.32. The van der Waals surface area contributed by atoms with Gasteiger partial charge in [0.05, 0.1) is 28.6 Å². The van der Waals surface area contributed by atoms with E-state index < -0.39 is 9.84 Å². The molecule has 3 rings (SSSR count). The highest BCUT2D eigenvalue weighted by molar-refractivity contribution is 7.91. The van der Waals surface area contributed by atoms with Crippen molar-refractivity contribution < 1.29 is 12.9 Å². The van der Waals surface area contributed by atoms with Gasteiger partial charge in [0.25, 0.3) is 0 Å². The minimum absolute atomic E-state index is 0.120. The fourth-order valence-electron chi connectivity index (χ4n) is 3.00. The van der Waals surface area contributed by atoms with E-state index in [0.717, 1.165) is 49.9 Å². The van der Waals surface area contributed by atoms with E-state index in [1.807, 2.05) is 25.1 Å². The molecule has 0 radical (unpaired) electrons. The standard InChI is InChI=1S/C17H23N3O3S/c1-3-24(21,22)17-7-5-4-6-16(17)20-10-8-19(9-11-20)13-15-12-14(2)18-23-15/h4-7,12H,3,8-11,13H2,1-2H3. The SMILES string of the molecule is CCS(=O)(=O)c1ccccc1N1CCN(Cc2cc(C)no2)CC1. The van der Waals surface area contributed by atoms with Gasteiger partial charge in [0.1, 0.15) is 0 Å². The van der Waals surface area contributed by atoms with E-state index in [-0.39, 0.29) is 5.75 Å². The molecule has 0 aliphatic carbocycles. The van der Waals surface area contributed by atoms with Crippen molar-refractivity contribution in [2.75, 3.05) is 36.8 Å². The predicted octanol–water partition coefficient (Wildman–Crippen LogP) is 2.10. The highest BCUT2D eigenvalue weighted by atomic mass is 32.2. The summed E-state index contributed by atoms with van der Waals surface area (Å²) in [6.45, 7) is 7.65. The van der Waals surface area contributed by atoms with Crippen LogP contribution in [0.25, 0.3) is 0 Å². The van der Waals surface area contributed by atoms with Crippen molar-refractivity contribution in [1.29, 1.82) is 0 Å². The Morgan fingerprint density at radius 3 is 2.50 bits per heavy atom. The van der Waals surface area contributed by atoms with E-state index in [0.29, 0.717) is 4.90 Å². The summed E-state index contributed by atoms with van der Waals surface area (Å²) in [7, 11) is -3.22. The molecule has 0 saturated carbocycles. The number of sulfone groups is 1. The van der Waals surface area contributed by atoms with Crippen LogP contribution in [0.4, 0.5) is 5.69 Å². The first-order valence-corrected chi connectivity index (χ1v) is 9.86. The zero-order chi connectivity index (χ0) is 17.2. The third-order valence-electron chi connectivity index (χ3n) is 4.35. The van der Waals surface area contributed by atoms with Crippen LogP contribution < -0.4 is 4.90 Å². The lowest BCUT2D eigenvalue weighted by Gasteiger charge is -2.36. The Bertz CT molecular complexity index is 793. The maximum atomic E-state index is 12.3. The zero-order valence-corrected chi connectivity index (χ0v) is 14.9. The average Bonchev–Trinajstić information content (AvgIpc) is 3.00. The quantitative estimate of drug-likeness (QED) is 0.823. The van der Waals surface area contributed by atoms with Gasteiger partial charge in [0.2, 0.25) is 0 Å². The van der Waals surface area contributed by atoms with Gasteiger partial charge in [-0.2, -0.15) is 0 Å². The summed E-state index contributed by atoms with van der Waals surface area (Å²) in [5.41, 5.74) is 1.71. The van der Waals surface area contributed by atoms with Gasteiger partial charge in [-0.15, -0.1) is 0 Å². The number of aryl methyl sites for hydroxylation is 1. The topological polar surface area (TPSA) is 66.7 Å². The van der Waals surface area contributed by atoms with Crippen molar-refractivity contribution in [1.82, 2.24) is 10.1 Å². The van der Waals surface area contributed by atoms with Gasteiger partial charge in [0.15, 0.2) is 15.6 Å². The first-order valence-electron chi connectivity index (χ1n) is 8.21. The van der Waals surface area contributed by atoms with Gasteiger partial charge in [-0.3, -0.25) is 4.90 Å². The van der Waals surface area contributed by atoms with Crippen LogP contribution in [0.3, 0.4) is 0 Å². The first kappa shape index (κ1) is 17.0. The Kier molecular flexibility index (Phi) is 4.91. The fraction of sp³-hybridized carbons (Fsp3) is 0.471.